The van der Waals surface area contributed by atoms with E-state index in [0.29, 0.717) is 11.5 Å². The molecule has 1 aromatic heterocycles. The maximum atomic E-state index is 13.0. The van der Waals surface area contributed by atoms with E-state index in [0.717, 1.165) is 22.3 Å². The number of carbonyl (C=O) groups excluding carboxylic acids is 1. The van der Waals surface area contributed by atoms with Gasteiger partial charge in [-0.2, -0.15) is 18.3 Å². The first-order chi connectivity index (χ1) is 13.4. The number of hydrogen-bond acceptors (Lipinski definition) is 2. The van der Waals surface area contributed by atoms with Crippen molar-refractivity contribution >= 4 is 27.7 Å². The Morgan fingerprint density at radius 1 is 1.03 bits per heavy atom. The highest BCUT2D eigenvalue weighted by Gasteiger charge is 2.31. The van der Waals surface area contributed by atoms with E-state index in [1.54, 1.807) is 10.7 Å². The Balaban J connectivity index is 1.99. The van der Waals surface area contributed by atoms with E-state index in [-0.39, 0.29) is 11.0 Å². The van der Waals surface area contributed by atoms with Gasteiger partial charge in [-0.25, -0.2) is 4.68 Å². The van der Waals surface area contributed by atoms with Crippen LogP contribution in [-0.4, -0.2) is 15.7 Å². The second-order valence-electron chi connectivity index (χ2n) is 7.59. The predicted molar refractivity (Wildman–Crippen MR) is 109 cm³/mol. The molecule has 1 amide bonds. The van der Waals surface area contributed by atoms with Crippen LogP contribution in [0.15, 0.2) is 59.1 Å². The molecule has 29 heavy (non-hydrogen) atoms. The van der Waals surface area contributed by atoms with E-state index in [9.17, 15) is 18.0 Å². The highest BCUT2D eigenvalue weighted by Crippen LogP contribution is 2.30. The van der Waals surface area contributed by atoms with Crippen molar-refractivity contribution in [3.63, 3.8) is 0 Å². The summed E-state index contributed by atoms with van der Waals surface area (Å²) in [7, 11) is 0. The number of amides is 1. The molecule has 3 rings (SSSR count). The lowest BCUT2D eigenvalue weighted by Crippen LogP contribution is -2.16. The molecule has 0 saturated heterocycles. The Kier molecular flexibility index (Phi) is 5.58. The maximum Gasteiger partial charge on any atom is 0.416 e. The van der Waals surface area contributed by atoms with Crippen molar-refractivity contribution in [1.29, 1.82) is 0 Å². The van der Waals surface area contributed by atoms with Gasteiger partial charge >= 0.3 is 6.18 Å². The molecule has 0 fully saturated rings. The molecule has 8 heteroatoms. The second kappa shape index (κ2) is 7.67. The van der Waals surface area contributed by atoms with Crippen LogP contribution in [0.5, 0.6) is 0 Å². The zero-order chi connectivity index (χ0) is 21.4. The van der Waals surface area contributed by atoms with Crippen molar-refractivity contribution in [3.8, 4) is 5.69 Å². The zero-order valence-electron chi connectivity index (χ0n) is 16.0. The van der Waals surface area contributed by atoms with Crippen molar-refractivity contribution in [1.82, 2.24) is 9.78 Å². The number of carbonyl (C=O) groups is 1. The Bertz CT molecular complexity index is 1030. The third-order valence-corrected chi connectivity index (χ3v) is 4.77. The number of rotatable bonds is 3. The Morgan fingerprint density at radius 2 is 1.69 bits per heavy atom. The summed E-state index contributed by atoms with van der Waals surface area (Å²) < 4.78 is 41.3. The summed E-state index contributed by atoms with van der Waals surface area (Å²) in [6.07, 6.45) is -4.52. The van der Waals surface area contributed by atoms with Gasteiger partial charge in [0.05, 0.1) is 16.9 Å². The zero-order valence-corrected chi connectivity index (χ0v) is 17.6. The van der Waals surface area contributed by atoms with E-state index in [2.05, 4.69) is 26.3 Å². The lowest BCUT2D eigenvalue weighted by atomic mass is 9.92. The van der Waals surface area contributed by atoms with Gasteiger partial charge in [0.2, 0.25) is 0 Å². The molecular weight excluding hydrogens is 447 g/mol. The minimum absolute atomic E-state index is 0.0827. The van der Waals surface area contributed by atoms with Crippen molar-refractivity contribution < 1.29 is 18.0 Å². The van der Waals surface area contributed by atoms with Gasteiger partial charge in [-0.15, -0.1) is 0 Å². The van der Waals surface area contributed by atoms with Gasteiger partial charge in [0, 0.05) is 21.5 Å². The summed E-state index contributed by atoms with van der Waals surface area (Å²) in [5, 5.41) is 7.29. The van der Waals surface area contributed by atoms with Crippen LogP contribution in [0.3, 0.4) is 0 Å². The molecule has 1 N–H and O–H groups in total. The molecule has 0 atom stereocenters. The molecule has 3 aromatic rings. The highest BCUT2D eigenvalue weighted by molar-refractivity contribution is 9.10. The van der Waals surface area contributed by atoms with Gasteiger partial charge in [0.25, 0.3) is 5.91 Å². The fourth-order valence-electron chi connectivity index (χ4n) is 2.64. The van der Waals surface area contributed by atoms with Crippen LogP contribution < -0.4 is 5.32 Å². The molecule has 2 aromatic carbocycles. The molecule has 0 saturated carbocycles. The van der Waals surface area contributed by atoms with Gasteiger partial charge in [-0.3, -0.25) is 4.79 Å². The number of anilines is 1. The first kappa shape index (κ1) is 21.1. The molecule has 0 aliphatic rings. The van der Waals surface area contributed by atoms with Gasteiger partial charge in [0.15, 0.2) is 0 Å². The SMILES string of the molecule is CC(C)(C)c1cc(NC(=O)c2cccc(C(F)(F)F)c2)n(-c2ccc(Br)cc2)n1. The molecule has 0 unspecified atom stereocenters. The first-order valence-corrected chi connectivity index (χ1v) is 9.59. The molecular formula is C21H19BrF3N3O. The number of halogens is 4. The Labute approximate surface area is 174 Å². The molecule has 0 bridgehead atoms. The molecule has 4 nitrogen and oxygen atoms in total. The third-order valence-electron chi connectivity index (χ3n) is 4.24. The van der Waals surface area contributed by atoms with E-state index in [1.165, 1.54) is 12.1 Å². The molecule has 0 radical (unpaired) electrons. The van der Waals surface area contributed by atoms with E-state index < -0.39 is 17.6 Å². The third kappa shape index (κ3) is 4.87. The number of alkyl halides is 3. The summed E-state index contributed by atoms with van der Waals surface area (Å²) in [6, 6.07) is 13.4. The number of benzene rings is 2. The van der Waals surface area contributed by atoms with Crippen LogP contribution >= 0.6 is 15.9 Å². The van der Waals surface area contributed by atoms with Gasteiger partial charge in [-0.05, 0) is 42.5 Å². The van der Waals surface area contributed by atoms with Crippen molar-refractivity contribution in [2.45, 2.75) is 32.4 Å². The molecule has 0 spiro atoms. The van der Waals surface area contributed by atoms with Gasteiger partial charge in [0.1, 0.15) is 5.82 Å². The average molecular weight is 466 g/mol. The van der Waals surface area contributed by atoms with Crippen LogP contribution in [0.25, 0.3) is 5.69 Å². The van der Waals surface area contributed by atoms with Crippen LogP contribution in [0, 0.1) is 0 Å². The van der Waals surface area contributed by atoms with E-state index >= 15 is 0 Å². The molecule has 0 aliphatic heterocycles. The minimum atomic E-state index is -4.52. The van der Waals surface area contributed by atoms with E-state index in [1.807, 2.05) is 45.0 Å². The highest BCUT2D eigenvalue weighted by atomic mass is 79.9. The Morgan fingerprint density at radius 3 is 2.28 bits per heavy atom. The van der Waals surface area contributed by atoms with Gasteiger partial charge in [-0.1, -0.05) is 42.8 Å². The monoisotopic (exact) mass is 465 g/mol. The summed E-state index contributed by atoms with van der Waals surface area (Å²) in [5.41, 5.74) is 0.210. The fraction of sp³-hybridized carbons (Fsp3) is 0.238. The van der Waals surface area contributed by atoms with Crippen molar-refractivity contribution in [3.05, 3.63) is 75.9 Å². The molecule has 0 aliphatic carbocycles. The minimum Gasteiger partial charge on any atom is -0.306 e. The summed E-state index contributed by atoms with van der Waals surface area (Å²) in [6.45, 7) is 5.96. The number of nitrogens with one attached hydrogen (secondary N) is 1. The summed E-state index contributed by atoms with van der Waals surface area (Å²) >= 11 is 3.38. The van der Waals surface area contributed by atoms with E-state index in [4.69, 9.17) is 0 Å². The topological polar surface area (TPSA) is 46.9 Å². The van der Waals surface area contributed by atoms with Crippen molar-refractivity contribution in [2.24, 2.45) is 0 Å². The number of nitrogens with zero attached hydrogens (tertiary/aromatic N) is 2. The van der Waals surface area contributed by atoms with Crippen molar-refractivity contribution in [2.75, 3.05) is 5.32 Å². The average Bonchev–Trinajstić information content (AvgIpc) is 3.06. The normalized spacial score (nSPS) is 12.1. The number of hydrogen-bond donors (Lipinski definition) is 1. The molecule has 152 valence electrons. The first-order valence-electron chi connectivity index (χ1n) is 8.80. The van der Waals surface area contributed by atoms with Crippen LogP contribution in [0.2, 0.25) is 0 Å². The summed E-state index contributed by atoms with van der Waals surface area (Å²) in [4.78, 5) is 12.7. The predicted octanol–water partition coefficient (Wildman–Crippen LogP) is 6.20. The smallest absolute Gasteiger partial charge is 0.306 e. The van der Waals surface area contributed by atoms with Crippen LogP contribution in [0.4, 0.5) is 19.0 Å². The summed E-state index contributed by atoms with van der Waals surface area (Å²) in [5.74, 6) is -0.269. The largest absolute Gasteiger partial charge is 0.416 e. The quantitative estimate of drug-likeness (QED) is 0.500. The second-order valence-corrected chi connectivity index (χ2v) is 8.50. The standard InChI is InChI=1S/C21H19BrF3N3O/c1-20(2,3)17-12-18(28(27-17)16-9-7-15(22)8-10-16)26-19(29)13-5-4-6-14(11-13)21(23,24)25/h4-12H,1-3H3,(H,26,29). The van der Waals surface area contributed by atoms with Crippen LogP contribution in [-0.2, 0) is 11.6 Å². The number of aromatic nitrogens is 2. The molecule has 1 heterocycles. The fourth-order valence-corrected chi connectivity index (χ4v) is 2.91. The Hall–Kier alpha value is -2.61. The van der Waals surface area contributed by atoms with Crippen LogP contribution in [0.1, 0.15) is 42.4 Å². The lowest BCUT2D eigenvalue weighted by molar-refractivity contribution is -0.137. The van der Waals surface area contributed by atoms with Gasteiger partial charge < -0.3 is 5.32 Å². The lowest BCUT2D eigenvalue weighted by Gasteiger charge is -2.14. The maximum absolute atomic E-state index is 13.0.